The summed E-state index contributed by atoms with van der Waals surface area (Å²) in [7, 11) is 2.22. The Morgan fingerprint density at radius 3 is 2.00 bits per heavy atom. The molecular formula is C28H40N4O. The normalized spacial score (nSPS) is 26.4. The molecule has 0 radical (unpaired) electrons. The van der Waals surface area contributed by atoms with E-state index in [4.69, 9.17) is 9.97 Å². The maximum atomic E-state index is 11.6. The first-order valence-corrected chi connectivity index (χ1v) is 12.9. The number of carbonyl (C=O) groups is 1. The van der Waals surface area contributed by atoms with E-state index in [1.165, 1.54) is 24.0 Å². The number of piperazine rings is 1. The number of rotatable bonds is 7. The van der Waals surface area contributed by atoms with Crippen LogP contribution in [-0.4, -0.2) is 52.9 Å². The van der Waals surface area contributed by atoms with Gasteiger partial charge in [-0.3, -0.25) is 4.79 Å². The molecule has 2 fully saturated rings. The molecule has 5 heteroatoms. The predicted molar refractivity (Wildman–Crippen MR) is 135 cm³/mol. The summed E-state index contributed by atoms with van der Waals surface area (Å²) in [6.45, 7) is 8.39. The molecule has 5 nitrogen and oxygen atoms in total. The fourth-order valence-electron chi connectivity index (χ4n) is 5.79. The quantitative estimate of drug-likeness (QED) is 0.568. The van der Waals surface area contributed by atoms with Gasteiger partial charge in [0.1, 0.15) is 5.78 Å². The van der Waals surface area contributed by atoms with Crippen molar-refractivity contribution in [2.24, 2.45) is 11.8 Å². The van der Waals surface area contributed by atoms with E-state index in [1.54, 1.807) is 6.92 Å². The van der Waals surface area contributed by atoms with E-state index in [0.717, 1.165) is 56.7 Å². The van der Waals surface area contributed by atoms with Crippen molar-refractivity contribution in [2.75, 3.05) is 25.0 Å². The Bertz CT molecular complexity index is 888. The third kappa shape index (κ3) is 5.63. The number of anilines is 1. The molecule has 33 heavy (non-hydrogen) atoms. The van der Waals surface area contributed by atoms with Crippen LogP contribution in [0.1, 0.15) is 64.9 Å². The Labute approximate surface area is 199 Å². The Kier molecular flexibility index (Phi) is 7.79. The van der Waals surface area contributed by atoms with Crippen LogP contribution in [0, 0.1) is 11.8 Å². The Hall–Kier alpha value is -2.27. The number of Topliss-reactive ketones (excluding diaryl/α,β-unsaturated/α-hetero) is 1. The topological polar surface area (TPSA) is 49.3 Å². The van der Waals surface area contributed by atoms with Gasteiger partial charge in [-0.15, -0.1) is 0 Å². The molecule has 1 aromatic heterocycles. The second kappa shape index (κ2) is 10.8. The van der Waals surface area contributed by atoms with E-state index in [-0.39, 0.29) is 0 Å². The molecular weight excluding hydrogens is 408 g/mol. The number of hydrogen-bond donors (Lipinski definition) is 0. The van der Waals surface area contributed by atoms with Crippen LogP contribution in [0.4, 0.5) is 5.95 Å². The van der Waals surface area contributed by atoms with Crippen molar-refractivity contribution < 1.29 is 4.79 Å². The number of benzene rings is 1. The molecule has 178 valence electrons. The van der Waals surface area contributed by atoms with Crippen LogP contribution in [-0.2, 0) is 11.2 Å². The molecule has 1 aromatic carbocycles. The van der Waals surface area contributed by atoms with Crippen LogP contribution < -0.4 is 4.90 Å². The highest BCUT2D eigenvalue weighted by Crippen LogP contribution is 2.32. The first kappa shape index (κ1) is 23.9. The Morgan fingerprint density at radius 2 is 1.48 bits per heavy atom. The van der Waals surface area contributed by atoms with Gasteiger partial charge in [-0.2, -0.15) is 0 Å². The first-order valence-electron chi connectivity index (χ1n) is 12.9. The molecule has 1 saturated heterocycles. The van der Waals surface area contributed by atoms with Crippen molar-refractivity contribution in [3.8, 4) is 11.1 Å². The molecule has 2 aromatic rings. The third-order valence-electron chi connectivity index (χ3n) is 7.88. The fraction of sp³-hybridized carbons (Fsp3) is 0.607. The number of aromatic nitrogens is 2. The minimum absolute atomic E-state index is 0.303. The largest absolute Gasteiger partial charge is 0.332 e. The lowest BCUT2D eigenvalue weighted by molar-refractivity contribution is -0.121. The van der Waals surface area contributed by atoms with E-state index in [1.807, 2.05) is 12.4 Å². The van der Waals surface area contributed by atoms with Gasteiger partial charge in [0.05, 0.1) is 0 Å². The highest BCUT2D eigenvalue weighted by Gasteiger charge is 2.32. The lowest BCUT2D eigenvalue weighted by atomic mass is 9.78. The van der Waals surface area contributed by atoms with Gasteiger partial charge in [-0.1, -0.05) is 38.1 Å². The summed E-state index contributed by atoms with van der Waals surface area (Å²) < 4.78 is 0. The van der Waals surface area contributed by atoms with Crippen LogP contribution in [0.5, 0.6) is 0 Å². The highest BCUT2D eigenvalue weighted by molar-refractivity contribution is 5.78. The van der Waals surface area contributed by atoms with E-state index in [2.05, 4.69) is 55.0 Å². The van der Waals surface area contributed by atoms with Crippen molar-refractivity contribution in [3.63, 3.8) is 0 Å². The predicted octanol–water partition coefficient (Wildman–Crippen LogP) is 5.39. The summed E-state index contributed by atoms with van der Waals surface area (Å²) >= 11 is 0. The smallest absolute Gasteiger partial charge is 0.225 e. The molecule has 2 heterocycles. The van der Waals surface area contributed by atoms with Crippen molar-refractivity contribution in [3.05, 3.63) is 42.2 Å². The Morgan fingerprint density at radius 1 is 0.909 bits per heavy atom. The number of likely N-dealkylation sites (N-methyl/N-ethyl adjacent to an activating group) is 1. The number of nitrogens with zero attached hydrogens (tertiary/aromatic N) is 4. The summed E-state index contributed by atoms with van der Waals surface area (Å²) in [5, 5.41) is 0. The van der Waals surface area contributed by atoms with Crippen LogP contribution in [0.25, 0.3) is 11.1 Å². The van der Waals surface area contributed by atoms with E-state index in [0.29, 0.717) is 29.7 Å². The van der Waals surface area contributed by atoms with Crippen molar-refractivity contribution >= 4 is 11.7 Å². The van der Waals surface area contributed by atoms with Gasteiger partial charge in [0.2, 0.25) is 5.95 Å². The molecule has 2 atom stereocenters. The molecule has 2 unspecified atom stereocenters. The molecule has 1 aliphatic carbocycles. The molecule has 0 N–H and O–H groups in total. The molecule has 0 amide bonds. The minimum atomic E-state index is 0.303. The zero-order valence-corrected chi connectivity index (χ0v) is 20.8. The standard InChI is InChI=1S/C28H40N4O/c1-5-26-18-31(4)19-27(6-2)32(26)28-29-16-25(17-30-28)24-13-9-22(10-14-24)15-21-7-11-23(12-8-21)20(3)33/h9-10,13-14,16-17,21,23,26-27H,5-8,11-12,15,18-19H2,1-4H3. The van der Waals surface area contributed by atoms with Gasteiger partial charge < -0.3 is 9.80 Å². The van der Waals surface area contributed by atoms with Gasteiger partial charge in [-0.05, 0) is 76.0 Å². The summed E-state index contributed by atoms with van der Waals surface area (Å²) in [4.78, 5) is 26.1. The summed E-state index contributed by atoms with van der Waals surface area (Å²) in [6.07, 6.45) is 11.8. The minimum Gasteiger partial charge on any atom is -0.332 e. The van der Waals surface area contributed by atoms with Gasteiger partial charge in [0.25, 0.3) is 0 Å². The zero-order chi connectivity index (χ0) is 23.4. The van der Waals surface area contributed by atoms with Crippen LogP contribution in [0.3, 0.4) is 0 Å². The van der Waals surface area contributed by atoms with E-state index < -0.39 is 0 Å². The van der Waals surface area contributed by atoms with Gasteiger partial charge in [0.15, 0.2) is 0 Å². The SMILES string of the molecule is CCC1CN(C)CC(CC)N1c1ncc(-c2ccc(CC3CCC(C(C)=O)CC3)cc2)cn1. The zero-order valence-electron chi connectivity index (χ0n) is 20.8. The van der Waals surface area contributed by atoms with Crippen LogP contribution in [0.15, 0.2) is 36.7 Å². The third-order valence-corrected chi connectivity index (χ3v) is 7.88. The van der Waals surface area contributed by atoms with Gasteiger partial charge in [0, 0.05) is 49.0 Å². The Balaban J connectivity index is 1.40. The molecule has 1 aliphatic heterocycles. The van der Waals surface area contributed by atoms with E-state index in [9.17, 15) is 4.79 Å². The second-order valence-corrected chi connectivity index (χ2v) is 10.3. The molecule has 1 saturated carbocycles. The maximum absolute atomic E-state index is 11.6. The monoisotopic (exact) mass is 448 g/mol. The molecule has 0 spiro atoms. The highest BCUT2D eigenvalue weighted by atomic mass is 16.1. The second-order valence-electron chi connectivity index (χ2n) is 10.3. The molecule has 4 rings (SSSR count). The summed E-state index contributed by atoms with van der Waals surface area (Å²) in [5.41, 5.74) is 3.63. The average Bonchev–Trinajstić information content (AvgIpc) is 2.84. The average molecular weight is 449 g/mol. The first-order chi connectivity index (χ1) is 16.0. The van der Waals surface area contributed by atoms with Crippen LogP contribution >= 0.6 is 0 Å². The van der Waals surface area contributed by atoms with Crippen molar-refractivity contribution in [1.29, 1.82) is 0 Å². The molecule has 2 aliphatic rings. The number of carbonyl (C=O) groups excluding carboxylic acids is 1. The van der Waals surface area contributed by atoms with Crippen molar-refractivity contribution in [1.82, 2.24) is 14.9 Å². The lowest BCUT2D eigenvalue weighted by Crippen LogP contribution is -2.58. The maximum Gasteiger partial charge on any atom is 0.225 e. The number of hydrogen-bond acceptors (Lipinski definition) is 5. The number of ketones is 1. The fourth-order valence-corrected chi connectivity index (χ4v) is 5.79. The van der Waals surface area contributed by atoms with Crippen LogP contribution in [0.2, 0.25) is 0 Å². The van der Waals surface area contributed by atoms with Gasteiger partial charge >= 0.3 is 0 Å². The molecule has 0 bridgehead atoms. The van der Waals surface area contributed by atoms with Crippen molar-refractivity contribution in [2.45, 2.75) is 77.8 Å². The summed E-state index contributed by atoms with van der Waals surface area (Å²) in [6, 6.07) is 9.83. The van der Waals surface area contributed by atoms with Gasteiger partial charge in [-0.25, -0.2) is 9.97 Å². The summed E-state index contributed by atoms with van der Waals surface area (Å²) in [5.74, 6) is 2.24. The van der Waals surface area contributed by atoms with E-state index >= 15 is 0 Å². The lowest BCUT2D eigenvalue weighted by Gasteiger charge is -2.45.